The standard InChI is InChI=1S/C15H16F2N2O/c1-15(10-18)4-6-19(7-5-15)14(20)8-11-2-3-12(16)9-13(11)17/h2-3,9H,4-8H2,1H3. The van der Waals surface area contributed by atoms with Crippen molar-refractivity contribution >= 4 is 5.91 Å². The van der Waals surface area contributed by atoms with Crippen LogP contribution in [-0.2, 0) is 11.2 Å². The molecule has 0 saturated carbocycles. The van der Waals surface area contributed by atoms with E-state index in [4.69, 9.17) is 5.26 Å². The lowest BCUT2D eigenvalue weighted by atomic mass is 9.82. The zero-order valence-corrected chi connectivity index (χ0v) is 11.3. The van der Waals surface area contributed by atoms with Crippen LogP contribution >= 0.6 is 0 Å². The predicted molar refractivity (Wildman–Crippen MR) is 69.6 cm³/mol. The zero-order valence-electron chi connectivity index (χ0n) is 11.3. The van der Waals surface area contributed by atoms with Gasteiger partial charge in [0, 0.05) is 19.2 Å². The summed E-state index contributed by atoms with van der Waals surface area (Å²) in [4.78, 5) is 13.7. The van der Waals surface area contributed by atoms with Gasteiger partial charge in [-0.25, -0.2) is 8.78 Å². The molecule has 1 saturated heterocycles. The van der Waals surface area contributed by atoms with E-state index in [2.05, 4.69) is 6.07 Å². The maximum Gasteiger partial charge on any atom is 0.227 e. The Morgan fingerprint density at radius 3 is 2.60 bits per heavy atom. The molecule has 0 spiro atoms. The monoisotopic (exact) mass is 278 g/mol. The van der Waals surface area contributed by atoms with E-state index in [9.17, 15) is 13.6 Å². The second kappa shape index (κ2) is 5.58. The number of halogens is 2. The number of piperidine rings is 1. The Morgan fingerprint density at radius 1 is 1.40 bits per heavy atom. The third kappa shape index (κ3) is 3.13. The van der Waals surface area contributed by atoms with Crippen molar-refractivity contribution in [2.24, 2.45) is 5.41 Å². The Balaban J connectivity index is 1.98. The smallest absolute Gasteiger partial charge is 0.227 e. The van der Waals surface area contributed by atoms with Crippen LogP contribution in [0.4, 0.5) is 8.78 Å². The molecular weight excluding hydrogens is 262 g/mol. The van der Waals surface area contributed by atoms with Crippen molar-refractivity contribution in [2.75, 3.05) is 13.1 Å². The van der Waals surface area contributed by atoms with Crippen molar-refractivity contribution in [1.29, 1.82) is 5.26 Å². The highest BCUT2D eigenvalue weighted by atomic mass is 19.1. The van der Waals surface area contributed by atoms with Crippen LogP contribution in [0.25, 0.3) is 0 Å². The molecule has 1 aromatic rings. The van der Waals surface area contributed by atoms with Crippen molar-refractivity contribution in [2.45, 2.75) is 26.2 Å². The van der Waals surface area contributed by atoms with E-state index in [1.54, 1.807) is 4.90 Å². The van der Waals surface area contributed by atoms with Crippen molar-refractivity contribution in [3.8, 4) is 6.07 Å². The number of likely N-dealkylation sites (tertiary alicyclic amines) is 1. The molecule has 0 unspecified atom stereocenters. The van der Waals surface area contributed by atoms with E-state index in [-0.39, 0.29) is 23.3 Å². The number of nitrogens with zero attached hydrogens (tertiary/aromatic N) is 2. The number of amides is 1. The molecule has 106 valence electrons. The van der Waals surface area contributed by atoms with Crippen molar-refractivity contribution in [3.63, 3.8) is 0 Å². The highest BCUT2D eigenvalue weighted by molar-refractivity contribution is 5.79. The molecule has 0 aromatic heterocycles. The Labute approximate surface area is 116 Å². The summed E-state index contributed by atoms with van der Waals surface area (Å²) >= 11 is 0. The summed E-state index contributed by atoms with van der Waals surface area (Å²) in [6.45, 7) is 2.89. The third-order valence-corrected chi connectivity index (χ3v) is 3.85. The average molecular weight is 278 g/mol. The second-order valence-corrected chi connectivity index (χ2v) is 5.47. The highest BCUT2D eigenvalue weighted by Gasteiger charge is 2.31. The Morgan fingerprint density at radius 2 is 2.05 bits per heavy atom. The quantitative estimate of drug-likeness (QED) is 0.834. The van der Waals surface area contributed by atoms with Gasteiger partial charge in [-0.1, -0.05) is 6.07 Å². The molecule has 1 aromatic carbocycles. The van der Waals surface area contributed by atoms with Crippen LogP contribution < -0.4 is 0 Å². The van der Waals surface area contributed by atoms with Gasteiger partial charge in [0.25, 0.3) is 0 Å². The fourth-order valence-electron chi connectivity index (χ4n) is 2.30. The van der Waals surface area contributed by atoms with E-state index >= 15 is 0 Å². The van der Waals surface area contributed by atoms with E-state index in [1.165, 1.54) is 6.07 Å². The van der Waals surface area contributed by atoms with Gasteiger partial charge in [0.15, 0.2) is 0 Å². The van der Waals surface area contributed by atoms with Gasteiger partial charge in [-0.15, -0.1) is 0 Å². The zero-order chi connectivity index (χ0) is 14.8. The fraction of sp³-hybridized carbons (Fsp3) is 0.467. The molecule has 1 aliphatic rings. The Hall–Kier alpha value is -1.96. The Bertz CT molecular complexity index is 557. The number of hydrogen-bond donors (Lipinski definition) is 0. The van der Waals surface area contributed by atoms with E-state index in [0.29, 0.717) is 25.9 Å². The lowest BCUT2D eigenvalue weighted by Crippen LogP contribution is -2.42. The van der Waals surface area contributed by atoms with Gasteiger partial charge in [-0.05, 0) is 31.4 Å². The van der Waals surface area contributed by atoms with Crippen LogP contribution in [0.3, 0.4) is 0 Å². The summed E-state index contributed by atoms with van der Waals surface area (Å²) in [5, 5.41) is 9.03. The highest BCUT2D eigenvalue weighted by Crippen LogP contribution is 2.30. The van der Waals surface area contributed by atoms with E-state index < -0.39 is 11.6 Å². The lowest BCUT2D eigenvalue weighted by molar-refractivity contribution is -0.132. The second-order valence-electron chi connectivity index (χ2n) is 5.47. The van der Waals surface area contributed by atoms with E-state index in [1.807, 2.05) is 6.92 Å². The van der Waals surface area contributed by atoms with Gasteiger partial charge in [0.2, 0.25) is 5.91 Å². The minimum absolute atomic E-state index is 0.0740. The topological polar surface area (TPSA) is 44.1 Å². The first kappa shape index (κ1) is 14.4. The molecule has 1 aliphatic heterocycles. The summed E-state index contributed by atoms with van der Waals surface area (Å²) in [7, 11) is 0. The van der Waals surface area contributed by atoms with Gasteiger partial charge >= 0.3 is 0 Å². The molecule has 0 N–H and O–H groups in total. The fourth-order valence-corrected chi connectivity index (χ4v) is 2.30. The normalized spacial score (nSPS) is 17.6. The maximum atomic E-state index is 13.5. The Kier molecular flexibility index (Phi) is 4.03. The number of carbonyl (C=O) groups excluding carboxylic acids is 1. The van der Waals surface area contributed by atoms with Crippen LogP contribution in [0.1, 0.15) is 25.3 Å². The number of carbonyl (C=O) groups is 1. The van der Waals surface area contributed by atoms with Crippen LogP contribution in [0.2, 0.25) is 0 Å². The number of benzene rings is 1. The first-order valence-electron chi connectivity index (χ1n) is 6.56. The minimum Gasteiger partial charge on any atom is -0.342 e. The molecule has 1 fully saturated rings. The van der Waals surface area contributed by atoms with Crippen molar-refractivity contribution < 1.29 is 13.6 Å². The largest absolute Gasteiger partial charge is 0.342 e. The van der Waals surface area contributed by atoms with Gasteiger partial charge in [0.05, 0.1) is 17.9 Å². The molecule has 2 rings (SSSR count). The van der Waals surface area contributed by atoms with Crippen molar-refractivity contribution in [3.05, 3.63) is 35.4 Å². The first-order valence-corrected chi connectivity index (χ1v) is 6.56. The molecule has 5 heteroatoms. The summed E-state index contributed by atoms with van der Waals surface area (Å²) in [5.41, 5.74) is -0.178. The summed E-state index contributed by atoms with van der Waals surface area (Å²) in [5.74, 6) is -1.53. The van der Waals surface area contributed by atoms with Crippen LogP contribution in [0.15, 0.2) is 18.2 Å². The van der Waals surface area contributed by atoms with Crippen molar-refractivity contribution in [1.82, 2.24) is 4.90 Å². The van der Waals surface area contributed by atoms with Gasteiger partial charge in [-0.2, -0.15) is 5.26 Å². The minimum atomic E-state index is -0.697. The molecule has 3 nitrogen and oxygen atoms in total. The molecule has 20 heavy (non-hydrogen) atoms. The predicted octanol–water partition coefficient (Wildman–Crippen LogP) is 2.66. The molecule has 0 atom stereocenters. The summed E-state index contributed by atoms with van der Waals surface area (Å²) in [6.07, 6.45) is 1.18. The summed E-state index contributed by atoms with van der Waals surface area (Å²) < 4.78 is 26.3. The molecule has 1 amide bonds. The SMILES string of the molecule is CC1(C#N)CCN(C(=O)Cc2ccc(F)cc2F)CC1. The van der Waals surface area contributed by atoms with Crippen LogP contribution in [-0.4, -0.2) is 23.9 Å². The maximum absolute atomic E-state index is 13.5. The third-order valence-electron chi connectivity index (χ3n) is 3.85. The molecular formula is C15H16F2N2O. The molecule has 1 heterocycles. The van der Waals surface area contributed by atoms with Gasteiger partial charge in [-0.3, -0.25) is 4.79 Å². The number of hydrogen-bond acceptors (Lipinski definition) is 2. The average Bonchev–Trinajstić information content (AvgIpc) is 2.42. The van der Waals surface area contributed by atoms with Gasteiger partial charge in [0.1, 0.15) is 11.6 Å². The molecule has 0 radical (unpaired) electrons. The number of nitriles is 1. The first-order chi connectivity index (χ1) is 9.43. The summed E-state index contributed by atoms with van der Waals surface area (Å²) in [6, 6.07) is 5.49. The van der Waals surface area contributed by atoms with Gasteiger partial charge < -0.3 is 4.90 Å². The van der Waals surface area contributed by atoms with Crippen LogP contribution in [0.5, 0.6) is 0 Å². The van der Waals surface area contributed by atoms with E-state index in [0.717, 1.165) is 12.1 Å². The molecule has 0 bridgehead atoms. The molecule has 0 aliphatic carbocycles. The van der Waals surface area contributed by atoms with Crippen LogP contribution in [0, 0.1) is 28.4 Å². The number of rotatable bonds is 2. The lowest BCUT2D eigenvalue weighted by Gasteiger charge is -2.35.